The largest absolute Gasteiger partial charge is 0.393 e. The zero-order valence-electron chi connectivity index (χ0n) is 13.9. The number of nitrogens with one attached hydrogen (secondary N) is 1. The normalized spacial score (nSPS) is 22.9. The number of aliphatic hydroxyl groups is 1. The first-order valence-electron chi connectivity index (χ1n) is 8.20. The van der Waals surface area contributed by atoms with Gasteiger partial charge < -0.3 is 15.3 Å². The Hall–Kier alpha value is -1.06. The van der Waals surface area contributed by atoms with Crippen molar-refractivity contribution in [1.29, 1.82) is 0 Å². The van der Waals surface area contributed by atoms with Gasteiger partial charge in [0, 0.05) is 25.3 Å². The molecule has 0 amide bonds. The van der Waals surface area contributed by atoms with Gasteiger partial charge in [-0.2, -0.15) is 0 Å². The van der Waals surface area contributed by atoms with Crippen LogP contribution in [-0.2, 0) is 6.54 Å². The Bertz CT molecular complexity index is 459. The average molecular weight is 290 g/mol. The first-order chi connectivity index (χ1) is 9.97. The van der Waals surface area contributed by atoms with Crippen molar-refractivity contribution in [3.05, 3.63) is 29.3 Å². The van der Waals surface area contributed by atoms with Crippen LogP contribution in [0.25, 0.3) is 0 Å². The van der Waals surface area contributed by atoms with E-state index in [9.17, 15) is 5.11 Å². The Morgan fingerprint density at radius 1 is 1.38 bits per heavy atom. The molecule has 2 unspecified atom stereocenters. The van der Waals surface area contributed by atoms with Crippen LogP contribution in [0, 0.1) is 18.8 Å². The minimum absolute atomic E-state index is 0.138. The van der Waals surface area contributed by atoms with Crippen molar-refractivity contribution in [2.24, 2.45) is 11.8 Å². The van der Waals surface area contributed by atoms with Crippen LogP contribution in [-0.4, -0.2) is 30.8 Å². The summed E-state index contributed by atoms with van der Waals surface area (Å²) in [6.45, 7) is 12.7. The second-order valence-corrected chi connectivity index (χ2v) is 6.92. The Kier molecular flexibility index (Phi) is 5.65. The molecule has 1 saturated heterocycles. The number of nitrogens with zero attached hydrogens (tertiary/aromatic N) is 1. The summed E-state index contributed by atoms with van der Waals surface area (Å²) in [6.07, 6.45) is 0.735. The summed E-state index contributed by atoms with van der Waals surface area (Å²) in [6, 6.07) is 6.76. The molecule has 3 heteroatoms. The average Bonchev–Trinajstić information content (AvgIpc) is 2.42. The van der Waals surface area contributed by atoms with Crippen LogP contribution in [0.2, 0.25) is 0 Å². The van der Waals surface area contributed by atoms with Gasteiger partial charge >= 0.3 is 0 Å². The van der Waals surface area contributed by atoms with Crippen LogP contribution in [0.15, 0.2) is 18.2 Å². The molecule has 0 radical (unpaired) electrons. The number of hydrogen-bond donors (Lipinski definition) is 2. The highest BCUT2D eigenvalue weighted by molar-refractivity contribution is 5.55. The van der Waals surface area contributed by atoms with Gasteiger partial charge in [-0.1, -0.05) is 32.9 Å². The monoisotopic (exact) mass is 290 g/mol. The summed E-state index contributed by atoms with van der Waals surface area (Å²) in [5.74, 6) is 1.04. The predicted octanol–water partition coefficient (Wildman–Crippen LogP) is 2.95. The second-order valence-electron chi connectivity index (χ2n) is 6.92. The molecule has 1 fully saturated rings. The summed E-state index contributed by atoms with van der Waals surface area (Å²) >= 11 is 0. The van der Waals surface area contributed by atoms with Crippen molar-refractivity contribution in [2.45, 2.75) is 46.8 Å². The van der Waals surface area contributed by atoms with E-state index in [0.717, 1.165) is 32.6 Å². The third-order valence-corrected chi connectivity index (χ3v) is 4.34. The fourth-order valence-corrected chi connectivity index (χ4v) is 3.04. The van der Waals surface area contributed by atoms with Gasteiger partial charge in [-0.15, -0.1) is 0 Å². The lowest BCUT2D eigenvalue weighted by atomic mass is 9.95. The first kappa shape index (κ1) is 16.3. The van der Waals surface area contributed by atoms with Gasteiger partial charge in [0.05, 0.1) is 6.10 Å². The standard InChI is InChI=1S/C18H30N2O/c1-13(2)10-19-11-16-5-6-17(14(3)9-16)20-8-7-18(21)15(4)12-20/h5-6,9,13,15,18-19,21H,7-8,10-12H2,1-4H3. The number of piperidine rings is 1. The Morgan fingerprint density at radius 3 is 2.76 bits per heavy atom. The van der Waals surface area contributed by atoms with Crippen molar-refractivity contribution in [3.63, 3.8) is 0 Å². The van der Waals surface area contributed by atoms with Gasteiger partial charge in [-0.25, -0.2) is 0 Å². The summed E-state index contributed by atoms with van der Waals surface area (Å²) in [7, 11) is 0. The molecule has 0 spiro atoms. The molecular formula is C18H30N2O. The first-order valence-corrected chi connectivity index (χ1v) is 8.20. The van der Waals surface area contributed by atoms with Gasteiger partial charge in [-0.3, -0.25) is 0 Å². The van der Waals surface area contributed by atoms with E-state index in [4.69, 9.17) is 0 Å². The van der Waals surface area contributed by atoms with Gasteiger partial charge in [0.15, 0.2) is 0 Å². The molecule has 0 aromatic heterocycles. The highest BCUT2D eigenvalue weighted by Gasteiger charge is 2.24. The zero-order valence-corrected chi connectivity index (χ0v) is 13.9. The maximum atomic E-state index is 9.86. The van der Waals surface area contributed by atoms with Crippen molar-refractivity contribution in [2.75, 3.05) is 24.5 Å². The number of anilines is 1. The summed E-state index contributed by atoms with van der Waals surface area (Å²) in [4.78, 5) is 2.41. The number of rotatable bonds is 5. The second kappa shape index (κ2) is 7.28. The van der Waals surface area contributed by atoms with Crippen molar-refractivity contribution in [3.8, 4) is 0 Å². The molecule has 2 rings (SSSR count). The maximum absolute atomic E-state index is 9.86. The quantitative estimate of drug-likeness (QED) is 0.875. The topological polar surface area (TPSA) is 35.5 Å². The van der Waals surface area contributed by atoms with E-state index in [2.05, 4.69) is 56.1 Å². The van der Waals surface area contributed by atoms with E-state index in [1.54, 1.807) is 0 Å². The molecule has 0 aliphatic carbocycles. The summed E-state index contributed by atoms with van der Waals surface area (Å²) < 4.78 is 0. The molecule has 1 aromatic rings. The SMILES string of the molecule is Cc1cc(CNCC(C)C)ccc1N1CCC(O)C(C)C1. The Labute approximate surface area is 129 Å². The predicted molar refractivity (Wildman–Crippen MR) is 89.7 cm³/mol. The van der Waals surface area contributed by atoms with Crippen molar-refractivity contribution >= 4 is 5.69 Å². The zero-order chi connectivity index (χ0) is 15.4. The summed E-state index contributed by atoms with van der Waals surface area (Å²) in [5.41, 5.74) is 4.01. The third kappa shape index (κ3) is 4.45. The van der Waals surface area contributed by atoms with Crippen LogP contribution in [0.5, 0.6) is 0 Å². The summed E-state index contributed by atoms with van der Waals surface area (Å²) in [5, 5.41) is 13.4. The molecular weight excluding hydrogens is 260 g/mol. The lowest BCUT2D eigenvalue weighted by Gasteiger charge is -2.36. The lowest BCUT2D eigenvalue weighted by Crippen LogP contribution is -2.42. The minimum atomic E-state index is -0.138. The van der Waals surface area contributed by atoms with E-state index in [-0.39, 0.29) is 6.10 Å². The lowest BCUT2D eigenvalue weighted by molar-refractivity contribution is 0.0970. The number of aryl methyl sites for hydroxylation is 1. The highest BCUT2D eigenvalue weighted by Crippen LogP contribution is 2.27. The Balaban J connectivity index is 1.99. The number of hydrogen-bond acceptors (Lipinski definition) is 3. The van der Waals surface area contributed by atoms with Crippen LogP contribution >= 0.6 is 0 Å². The number of aliphatic hydroxyl groups excluding tert-OH is 1. The smallest absolute Gasteiger partial charge is 0.0599 e. The van der Waals surface area contributed by atoms with E-state index in [1.807, 2.05) is 0 Å². The molecule has 1 aromatic carbocycles. The fourth-order valence-electron chi connectivity index (χ4n) is 3.04. The van der Waals surface area contributed by atoms with Gasteiger partial charge in [0.1, 0.15) is 0 Å². The minimum Gasteiger partial charge on any atom is -0.393 e. The van der Waals surface area contributed by atoms with Gasteiger partial charge in [0.2, 0.25) is 0 Å². The molecule has 118 valence electrons. The third-order valence-electron chi connectivity index (χ3n) is 4.34. The van der Waals surface area contributed by atoms with E-state index in [0.29, 0.717) is 11.8 Å². The van der Waals surface area contributed by atoms with E-state index < -0.39 is 0 Å². The van der Waals surface area contributed by atoms with Crippen LogP contribution < -0.4 is 10.2 Å². The fraction of sp³-hybridized carbons (Fsp3) is 0.667. The molecule has 0 bridgehead atoms. The molecule has 21 heavy (non-hydrogen) atoms. The van der Waals surface area contributed by atoms with Crippen LogP contribution in [0.1, 0.15) is 38.3 Å². The number of benzene rings is 1. The molecule has 1 aliphatic rings. The molecule has 2 atom stereocenters. The molecule has 2 N–H and O–H groups in total. The van der Waals surface area contributed by atoms with Crippen LogP contribution in [0.4, 0.5) is 5.69 Å². The highest BCUT2D eigenvalue weighted by atomic mass is 16.3. The van der Waals surface area contributed by atoms with Gasteiger partial charge in [0.25, 0.3) is 0 Å². The van der Waals surface area contributed by atoms with Crippen LogP contribution in [0.3, 0.4) is 0 Å². The van der Waals surface area contributed by atoms with E-state index in [1.165, 1.54) is 16.8 Å². The molecule has 1 aliphatic heterocycles. The van der Waals surface area contributed by atoms with E-state index >= 15 is 0 Å². The molecule has 3 nitrogen and oxygen atoms in total. The maximum Gasteiger partial charge on any atom is 0.0599 e. The molecule has 0 saturated carbocycles. The van der Waals surface area contributed by atoms with Gasteiger partial charge in [-0.05, 0) is 48.9 Å². The van der Waals surface area contributed by atoms with Crippen molar-refractivity contribution in [1.82, 2.24) is 5.32 Å². The Morgan fingerprint density at radius 2 is 2.14 bits per heavy atom. The van der Waals surface area contributed by atoms with Crippen molar-refractivity contribution < 1.29 is 5.11 Å². The molecule has 1 heterocycles.